The van der Waals surface area contributed by atoms with Crippen molar-refractivity contribution in [3.05, 3.63) is 60.2 Å². The molecule has 1 N–H and O–H groups in total. The molecule has 194 valence electrons. The quantitative estimate of drug-likeness (QED) is 0.319. The molecule has 4 rings (SSSR count). The van der Waals surface area contributed by atoms with Gasteiger partial charge in [0.05, 0.1) is 31.9 Å². The number of ether oxygens (including phenoxy) is 4. The number of methoxy groups -OCH3 is 2. The summed E-state index contributed by atoms with van der Waals surface area (Å²) in [5.74, 6) is 0.764. The van der Waals surface area contributed by atoms with Crippen LogP contribution in [0.5, 0.6) is 23.1 Å². The first kappa shape index (κ1) is 25.5. The van der Waals surface area contributed by atoms with E-state index in [0.717, 1.165) is 12.1 Å². The molecule has 13 heteroatoms. The number of para-hydroxylation sites is 1. The lowest BCUT2D eigenvalue weighted by atomic mass is 10.2. The van der Waals surface area contributed by atoms with E-state index in [-0.39, 0.29) is 19.0 Å². The van der Waals surface area contributed by atoms with Crippen LogP contribution in [-0.4, -0.2) is 59.7 Å². The van der Waals surface area contributed by atoms with Gasteiger partial charge >= 0.3 is 6.18 Å². The van der Waals surface area contributed by atoms with Crippen molar-refractivity contribution in [3.8, 4) is 34.5 Å². The van der Waals surface area contributed by atoms with Gasteiger partial charge in [0, 0.05) is 6.07 Å². The van der Waals surface area contributed by atoms with Crippen LogP contribution < -0.4 is 24.3 Å². The van der Waals surface area contributed by atoms with E-state index in [1.807, 2.05) is 0 Å². The lowest BCUT2D eigenvalue weighted by Gasteiger charge is -2.13. The van der Waals surface area contributed by atoms with Gasteiger partial charge in [-0.25, -0.2) is 0 Å². The molecule has 0 saturated carbocycles. The zero-order valence-electron chi connectivity index (χ0n) is 19.8. The Bertz CT molecular complexity index is 1390. The number of aromatic nitrogens is 4. The van der Waals surface area contributed by atoms with Gasteiger partial charge < -0.3 is 24.3 Å². The fourth-order valence-corrected chi connectivity index (χ4v) is 3.37. The van der Waals surface area contributed by atoms with Crippen molar-refractivity contribution in [2.45, 2.75) is 6.18 Å². The summed E-state index contributed by atoms with van der Waals surface area (Å²) < 4.78 is 61.9. The van der Waals surface area contributed by atoms with E-state index >= 15 is 0 Å². The van der Waals surface area contributed by atoms with Crippen molar-refractivity contribution in [2.75, 3.05) is 34.0 Å². The van der Waals surface area contributed by atoms with E-state index in [0.29, 0.717) is 28.5 Å². The molecule has 4 aromatic rings. The Hall–Kier alpha value is -4.55. The second-order valence-corrected chi connectivity index (χ2v) is 7.51. The van der Waals surface area contributed by atoms with E-state index in [1.165, 1.54) is 23.8 Å². The highest BCUT2D eigenvalue weighted by Gasteiger charge is 2.34. The van der Waals surface area contributed by atoms with E-state index in [4.69, 9.17) is 18.9 Å². The van der Waals surface area contributed by atoms with Crippen molar-refractivity contribution < 1.29 is 36.9 Å². The Balaban J connectivity index is 1.35. The van der Waals surface area contributed by atoms with Gasteiger partial charge in [-0.15, -0.1) is 15.3 Å². The third kappa shape index (κ3) is 6.00. The van der Waals surface area contributed by atoms with E-state index < -0.39 is 30.0 Å². The minimum atomic E-state index is -4.59. The molecule has 0 aliphatic rings. The van der Waals surface area contributed by atoms with Crippen LogP contribution >= 0.6 is 0 Å². The fourth-order valence-electron chi connectivity index (χ4n) is 3.37. The van der Waals surface area contributed by atoms with Gasteiger partial charge in [-0.2, -0.15) is 17.7 Å². The molecule has 0 aliphatic carbocycles. The summed E-state index contributed by atoms with van der Waals surface area (Å²) in [6.45, 7) is -0.464. The second-order valence-electron chi connectivity index (χ2n) is 7.51. The maximum absolute atomic E-state index is 13.0. The highest BCUT2D eigenvalue weighted by atomic mass is 19.4. The van der Waals surface area contributed by atoms with E-state index in [2.05, 4.69) is 20.6 Å². The Labute approximate surface area is 208 Å². The lowest BCUT2D eigenvalue weighted by Crippen LogP contribution is -2.32. The van der Waals surface area contributed by atoms with Crippen molar-refractivity contribution in [2.24, 2.45) is 0 Å². The minimum Gasteiger partial charge on any atom is -0.497 e. The number of hydrogen-bond donors (Lipinski definition) is 1. The Morgan fingerprint density at radius 2 is 1.78 bits per heavy atom. The van der Waals surface area contributed by atoms with Crippen LogP contribution in [0.15, 0.2) is 54.6 Å². The van der Waals surface area contributed by atoms with Crippen LogP contribution in [0.4, 0.5) is 13.2 Å². The Morgan fingerprint density at radius 3 is 2.54 bits per heavy atom. The monoisotopic (exact) mass is 517 g/mol. The third-order valence-corrected chi connectivity index (χ3v) is 5.11. The number of benzene rings is 2. The number of amides is 1. The summed E-state index contributed by atoms with van der Waals surface area (Å²) in [6, 6.07) is 13.2. The van der Waals surface area contributed by atoms with Crippen molar-refractivity contribution >= 4 is 11.6 Å². The van der Waals surface area contributed by atoms with Crippen molar-refractivity contribution in [1.29, 1.82) is 0 Å². The molecule has 1 amide bonds. The summed E-state index contributed by atoms with van der Waals surface area (Å²) >= 11 is 0. The Kier molecular flexibility index (Phi) is 7.60. The summed E-state index contributed by atoms with van der Waals surface area (Å²) in [5, 5.41) is 15.2. The zero-order valence-corrected chi connectivity index (χ0v) is 19.8. The molecule has 2 aromatic carbocycles. The molecule has 10 nitrogen and oxygen atoms in total. The third-order valence-electron chi connectivity index (χ3n) is 5.11. The first-order valence-electron chi connectivity index (χ1n) is 10.9. The average Bonchev–Trinajstić information content (AvgIpc) is 3.32. The van der Waals surface area contributed by atoms with Crippen LogP contribution in [0.1, 0.15) is 5.56 Å². The number of hydrogen-bond acceptors (Lipinski definition) is 8. The topological polar surface area (TPSA) is 109 Å². The van der Waals surface area contributed by atoms with E-state index in [9.17, 15) is 18.0 Å². The smallest absolute Gasteiger partial charge is 0.419 e. The second kappa shape index (κ2) is 11.0. The van der Waals surface area contributed by atoms with Gasteiger partial charge in [-0.05, 0) is 36.4 Å². The van der Waals surface area contributed by atoms with Gasteiger partial charge in [0.1, 0.15) is 23.9 Å². The molecule has 2 aromatic heterocycles. The number of rotatable bonds is 10. The molecule has 0 aliphatic heterocycles. The van der Waals surface area contributed by atoms with Crippen LogP contribution in [-0.2, 0) is 11.0 Å². The van der Waals surface area contributed by atoms with Gasteiger partial charge in [-0.3, -0.25) is 4.79 Å². The average molecular weight is 517 g/mol. The number of alkyl halides is 3. The van der Waals surface area contributed by atoms with Crippen LogP contribution in [0.2, 0.25) is 0 Å². The van der Waals surface area contributed by atoms with Gasteiger partial charge in [-0.1, -0.05) is 12.1 Å². The first-order valence-corrected chi connectivity index (χ1v) is 10.9. The number of halogens is 3. The number of nitrogens with one attached hydrogen (secondary N) is 1. The van der Waals surface area contributed by atoms with Crippen LogP contribution in [0.3, 0.4) is 0 Å². The largest absolute Gasteiger partial charge is 0.497 e. The predicted octanol–water partition coefficient (Wildman–Crippen LogP) is 3.40. The summed E-state index contributed by atoms with van der Waals surface area (Å²) in [5.41, 5.74) is 0.127. The molecule has 0 atom stereocenters. The highest BCUT2D eigenvalue weighted by molar-refractivity contribution is 5.77. The number of fused-ring (bicyclic) bond motifs is 1. The van der Waals surface area contributed by atoms with Crippen molar-refractivity contribution in [1.82, 2.24) is 25.1 Å². The molecule has 0 saturated heterocycles. The van der Waals surface area contributed by atoms with E-state index in [1.54, 1.807) is 37.4 Å². The number of carbonyl (C=O) groups excluding carboxylic acids is 1. The van der Waals surface area contributed by atoms with Gasteiger partial charge in [0.2, 0.25) is 5.88 Å². The SMILES string of the molecule is COc1ccc(OC)c(-c2nnc3ccc(OCCNC(=O)COc4ccccc4C(F)(F)F)nn23)c1. The molecule has 0 radical (unpaired) electrons. The fraction of sp³-hybridized carbons (Fsp3) is 0.250. The predicted molar refractivity (Wildman–Crippen MR) is 125 cm³/mol. The minimum absolute atomic E-state index is 0.0450. The standard InChI is InChI=1S/C24H22F3N5O5/c1-34-15-7-8-18(35-2)16(13-15)23-30-29-20-9-10-22(31-32(20)23)36-12-11-28-21(33)14-37-19-6-4-3-5-17(19)24(25,26)27/h3-10,13H,11-12,14H2,1-2H3,(H,28,33). The molecule has 0 unspecified atom stereocenters. The van der Waals surface area contributed by atoms with Gasteiger partial charge in [0.25, 0.3) is 5.91 Å². The molecule has 2 heterocycles. The first-order chi connectivity index (χ1) is 17.8. The summed E-state index contributed by atoms with van der Waals surface area (Å²) in [7, 11) is 3.08. The molecule has 0 fully saturated rings. The zero-order chi connectivity index (χ0) is 26.4. The Morgan fingerprint density at radius 1 is 0.973 bits per heavy atom. The lowest BCUT2D eigenvalue weighted by molar-refractivity contribution is -0.139. The molecular formula is C24H22F3N5O5. The molecule has 0 spiro atoms. The normalized spacial score (nSPS) is 11.3. The maximum Gasteiger partial charge on any atom is 0.419 e. The van der Waals surface area contributed by atoms with Crippen molar-refractivity contribution in [3.63, 3.8) is 0 Å². The molecular weight excluding hydrogens is 495 g/mol. The summed E-state index contributed by atoms with van der Waals surface area (Å²) in [6.07, 6.45) is -4.59. The van der Waals surface area contributed by atoms with Crippen LogP contribution in [0.25, 0.3) is 17.0 Å². The summed E-state index contributed by atoms with van der Waals surface area (Å²) in [4.78, 5) is 12.0. The molecule has 0 bridgehead atoms. The van der Waals surface area contributed by atoms with Gasteiger partial charge in [0.15, 0.2) is 18.1 Å². The highest BCUT2D eigenvalue weighted by Crippen LogP contribution is 2.36. The van der Waals surface area contributed by atoms with Crippen LogP contribution in [0, 0.1) is 0 Å². The maximum atomic E-state index is 13.0. The number of nitrogens with zero attached hydrogens (tertiary/aromatic N) is 4. The number of carbonyl (C=O) groups is 1. The molecule has 37 heavy (non-hydrogen) atoms.